The van der Waals surface area contributed by atoms with Gasteiger partial charge >= 0.3 is 5.97 Å². The summed E-state index contributed by atoms with van der Waals surface area (Å²) in [5, 5.41) is 12.7. The molecule has 0 radical (unpaired) electrons. The van der Waals surface area contributed by atoms with Gasteiger partial charge in [-0.25, -0.2) is 0 Å². The third kappa shape index (κ3) is 5.81. The quantitative estimate of drug-likeness (QED) is 0.683. The molecule has 1 aliphatic heterocycles. The Morgan fingerprint density at radius 2 is 1.79 bits per heavy atom. The second-order valence-corrected chi connectivity index (χ2v) is 8.20. The Labute approximate surface area is 172 Å². The Balaban J connectivity index is 1.12. The van der Waals surface area contributed by atoms with E-state index in [4.69, 9.17) is 9.84 Å². The number of aliphatic carboxylic acids is 1. The van der Waals surface area contributed by atoms with Crippen molar-refractivity contribution in [1.82, 2.24) is 10.2 Å². The van der Waals surface area contributed by atoms with Gasteiger partial charge in [0.15, 0.2) is 0 Å². The van der Waals surface area contributed by atoms with Crippen molar-refractivity contribution >= 4 is 5.97 Å². The molecule has 0 unspecified atom stereocenters. The van der Waals surface area contributed by atoms with E-state index in [2.05, 4.69) is 40.5 Å². The Morgan fingerprint density at radius 3 is 2.48 bits per heavy atom. The van der Waals surface area contributed by atoms with Crippen LogP contribution < -0.4 is 10.1 Å². The van der Waals surface area contributed by atoms with Crippen LogP contribution in [-0.4, -0.2) is 54.3 Å². The Bertz CT molecular complexity index is 786. The Kier molecular flexibility index (Phi) is 6.47. The van der Waals surface area contributed by atoms with Gasteiger partial charge in [-0.15, -0.1) is 0 Å². The van der Waals surface area contributed by atoms with Crippen LogP contribution in [0.15, 0.2) is 54.6 Å². The van der Waals surface area contributed by atoms with Crippen molar-refractivity contribution in [1.29, 1.82) is 0 Å². The number of rotatable bonds is 9. The van der Waals surface area contributed by atoms with Crippen molar-refractivity contribution in [3.8, 4) is 5.75 Å². The molecular weight excluding hydrogens is 364 g/mol. The summed E-state index contributed by atoms with van der Waals surface area (Å²) in [6.45, 7) is 3.82. The number of nitrogens with one attached hydrogen (secondary N) is 1. The molecule has 1 heterocycles. The highest BCUT2D eigenvalue weighted by Gasteiger charge is 2.39. The number of likely N-dealkylation sites (tertiary alicyclic amines) is 1. The maximum Gasteiger partial charge on any atom is 0.307 e. The van der Waals surface area contributed by atoms with Gasteiger partial charge in [0.2, 0.25) is 0 Å². The largest absolute Gasteiger partial charge is 0.492 e. The fourth-order valence-corrected chi connectivity index (χ4v) is 4.24. The summed E-state index contributed by atoms with van der Waals surface area (Å²) in [6.07, 6.45) is 3.71. The molecule has 2 N–H and O–H groups in total. The van der Waals surface area contributed by atoms with Gasteiger partial charge in [0.05, 0.1) is 6.42 Å². The molecule has 1 aliphatic carbocycles. The molecular formula is C24H30N2O3. The Hall–Kier alpha value is -2.37. The molecule has 5 heteroatoms. The molecule has 5 nitrogen and oxygen atoms in total. The van der Waals surface area contributed by atoms with E-state index < -0.39 is 5.97 Å². The zero-order valence-corrected chi connectivity index (χ0v) is 16.8. The van der Waals surface area contributed by atoms with Crippen LogP contribution in [0.5, 0.6) is 5.75 Å². The van der Waals surface area contributed by atoms with Crippen LogP contribution in [0.25, 0.3) is 0 Å². The van der Waals surface area contributed by atoms with E-state index in [-0.39, 0.29) is 6.42 Å². The van der Waals surface area contributed by atoms with E-state index in [9.17, 15) is 4.79 Å². The molecule has 0 aromatic heterocycles. The minimum Gasteiger partial charge on any atom is -0.492 e. The van der Waals surface area contributed by atoms with Gasteiger partial charge < -0.3 is 15.2 Å². The van der Waals surface area contributed by atoms with Crippen molar-refractivity contribution in [2.75, 3.05) is 26.2 Å². The molecule has 2 fully saturated rings. The van der Waals surface area contributed by atoms with Crippen LogP contribution in [0.4, 0.5) is 0 Å². The third-order valence-corrected chi connectivity index (χ3v) is 6.01. The number of hydrogen-bond acceptors (Lipinski definition) is 4. The number of ether oxygens (including phenoxy) is 1. The summed E-state index contributed by atoms with van der Waals surface area (Å²) >= 11 is 0. The molecule has 2 aromatic carbocycles. The first-order valence-electron chi connectivity index (χ1n) is 10.6. The van der Waals surface area contributed by atoms with E-state index in [1.165, 1.54) is 24.8 Å². The Morgan fingerprint density at radius 1 is 1.07 bits per heavy atom. The number of benzene rings is 2. The van der Waals surface area contributed by atoms with Gasteiger partial charge in [0.25, 0.3) is 0 Å². The summed E-state index contributed by atoms with van der Waals surface area (Å²) in [7, 11) is 0. The zero-order valence-electron chi connectivity index (χ0n) is 16.8. The monoisotopic (exact) mass is 394 g/mol. The third-order valence-electron chi connectivity index (χ3n) is 6.01. The lowest BCUT2D eigenvalue weighted by molar-refractivity contribution is -0.136. The average Bonchev–Trinajstić information content (AvgIpc) is 3.50. The number of hydrogen-bond donors (Lipinski definition) is 2. The lowest BCUT2D eigenvalue weighted by Gasteiger charge is -2.32. The minimum absolute atomic E-state index is 0.0518. The number of carbonyl (C=O) groups is 1. The lowest BCUT2D eigenvalue weighted by atomic mass is 10.0. The highest BCUT2D eigenvalue weighted by molar-refractivity contribution is 5.70. The molecule has 0 bridgehead atoms. The van der Waals surface area contributed by atoms with E-state index >= 15 is 0 Å². The maximum atomic E-state index is 10.7. The van der Waals surface area contributed by atoms with Gasteiger partial charge in [-0.2, -0.15) is 0 Å². The van der Waals surface area contributed by atoms with Crippen LogP contribution in [0.1, 0.15) is 36.3 Å². The van der Waals surface area contributed by atoms with Gasteiger partial charge in [0, 0.05) is 24.5 Å². The highest BCUT2D eigenvalue weighted by Crippen LogP contribution is 2.41. The summed E-state index contributed by atoms with van der Waals surface area (Å²) in [4.78, 5) is 13.2. The molecule has 29 heavy (non-hydrogen) atoms. The zero-order chi connectivity index (χ0) is 20.1. The molecule has 2 aromatic rings. The molecule has 154 valence electrons. The second-order valence-electron chi connectivity index (χ2n) is 8.20. The summed E-state index contributed by atoms with van der Waals surface area (Å²) in [5.74, 6) is 0.690. The van der Waals surface area contributed by atoms with Gasteiger partial charge in [0.1, 0.15) is 12.4 Å². The lowest BCUT2D eigenvalue weighted by Crippen LogP contribution is -2.44. The fraction of sp³-hybridized carbons (Fsp3) is 0.458. The van der Waals surface area contributed by atoms with Crippen LogP contribution >= 0.6 is 0 Å². The number of carboxylic acids is 1. The first-order valence-corrected chi connectivity index (χ1v) is 10.6. The molecule has 1 saturated heterocycles. The molecule has 4 rings (SSSR count). The average molecular weight is 395 g/mol. The van der Waals surface area contributed by atoms with E-state index in [1.807, 2.05) is 24.3 Å². The number of piperidine rings is 1. The van der Waals surface area contributed by atoms with E-state index in [0.29, 0.717) is 24.6 Å². The topological polar surface area (TPSA) is 61.8 Å². The minimum atomic E-state index is -0.811. The first-order chi connectivity index (χ1) is 14.2. The van der Waals surface area contributed by atoms with Gasteiger partial charge in [-0.1, -0.05) is 42.5 Å². The predicted octanol–water partition coefficient (Wildman–Crippen LogP) is 3.30. The molecule has 0 amide bonds. The molecule has 2 atom stereocenters. The van der Waals surface area contributed by atoms with Crippen LogP contribution in [-0.2, 0) is 11.2 Å². The molecule has 0 spiro atoms. The summed E-state index contributed by atoms with van der Waals surface area (Å²) in [5.41, 5.74) is 2.26. The fourth-order valence-electron chi connectivity index (χ4n) is 4.24. The molecule has 2 aliphatic rings. The highest BCUT2D eigenvalue weighted by atomic mass is 16.5. The summed E-state index contributed by atoms with van der Waals surface area (Å²) in [6, 6.07) is 19.5. The van der Waals surface area contributed by atoms with Crippen molar-refractivity contribution in [2.24, 2.45) is 0 Å². The number of carboxylic acid groups (broad SMARTS) is 1. The van der Waals surface area contributed by atoms with E-state index in [0.717, 1.165) is 30.9 Å². The van der Waals surface area contributed by atoms with E-state index in [1.54, 1.807) is 0 Å². The smallest absolute Gasteiger partial charge is 0.307 e. The number of nitrogens with zero attached hydrogens (tertiary/aromatic N) is 1. The van der Waals surface area contributed by atoms with Crippen molar-refractivity contribution in [3.63, 3.8) is 0 Å². The first kappa shape index (κ1) is 19.9. The second kappa shape index (κ2) is 9.42. The van der Waals surface area contributed by atoms with Gasteiger partial charge in [-0.05, 0) is 55.6 Å². The van der Waals surface area contributed by atoms with Crippen molar-refractivity contribution < 1.29 is 14.6 Å². The predicted molar refractivity (Wildman–Crippen MR) is 113 cm³/mol. The van der Waals surface area contributed by atoms with Crippen LogP contribution in [0, 0.1) is 0 Å². The molecule has 1 saturated carbocycles. The van der Waals surface area contributed by atoms with Crippen molar-refractivity contribution in [2.45, 2.75) is 43.7 Å². The maximum absolute atomic E-state index is 10.7. The SMILES string of the molecule is O=C(O)Cc1ccc(OCCN2CCC(N[C@@H]3C[C@H]3c3ccccc3)CC2)cc1. The van der Waals surface area contributed by atoms with Crippen molar-refractivity contribution in [3.05, 3.63) is 65.7 Å². The van der Waals surface area contributed by atoms with Gasteiger partial charge in [-0.3, -0.25) is 9.69 Å². The van der Waals surface area contributed by atoms with Crippen LogP contribution in [0.3, 0.4) is 0 Å². The summed E-state index contributed by atoms with van der Waals surface area (Å²) < 4.78 is 5.83. The normalized spacial score (nSPS) is 22.3. The van der Waals surface area contributed by atoms with Crippen LogP contribution in [0.2, 0.25) is 0 Å². The standard InChI is InChI=1S/C24H30N2O3/c27-24(28)16-18-6-8-21(9-7-18)29-15-14-26-12-10-20(11-13-26)25-23-17-22(23)19-4-2-1-3-5-19/h1-9,20,22-23,25H,10-17H2,(H,27,28)/t22-,23+/m0/s1.